The second-order valence-corrected chi connectivity index (χ2v) is 2.73. The van der Waals surface area contributed by atoms with Gasteiger partial charge in [0.2, 0.25) is 0 Å². The molecule has 0 spiro atoms. The molecule has 0 aliphatic carbocycles. The molecule has 3 N–H and O–H groups in total. The van der Waals surface area contributed by atoms with Crippen LogP contribution in [0.5, 0.6) is 5.75 Å². The summed E-state index contributed by atoms with van der Waals surface area (Å²) in [6.07, 6.45) is 0. The van der Waals surface area contributed by atoms with Crippen LogP contribution in [0.2, 0.25) is 5.02 Å². The molecule has 0 aliphatic heterocycles. The lowest BCUT2D eigenvalue weighted by Gasteiger charge is -2.04. The zero-order chi connectivity index (χ0) is 8.97. The lowest BCUT2D eigenvalue weighted by Crippen LogP contribution is -2.01. The summed E-state index contributed by atoms with van der Waals surface area (Å²) in [6, 6.07) is 4.93. The molecule has 4 heteroatoms. The second-order valence-electron chi connectivity index (χ2n) is 2.29. The van der Waals surface area contributed by atoms with E-state index in [0.717, 1.165) is 0 Å². The lowest BCUT2D eigenvalue weighted by molar-refractivity contribution is 0.201. The number of halogens is 1. The standard InChI is InChI=1S/C8H10ClNO2/c9-6-3-7(10)5-8(4-6)12-2-1-11/h3-5,11H,1-2,10H2. The van der Waals surface area contributed by atoms with Crippen molar-refractivity contribution in [1.29, 1.82) is 0 Å². The molecular weight excluding hydrogens is 178 g/mol. The lowest BCUT2D eigenvalue weighted by atomic mass is 10.3. The van der Waals surface area contributed by atoms with Crippen LogP contribution in [0.15, 0.2) is 18.2 Å². The summed E-state index contributed by atoms with van der Waals surface area (Å²) in [5.41, 5.74) is 6.06. The van der Waals surface area contributed by atoms with Crippen LogP contribution in [0, 0.1) is 0 Å². The number of aliphatic hydroxyl groups excluding tert-OH is 1. The molecule has 66 valence electrons. The van der Waals surface area contributed by atoms with Gasteiger partial charge in [0.15, 0.2) is 0 Å². The van der Waals surface area contributed by atoms with Gasteiger partial charge in [-0.15, -0.1) is 0 Å². The van der Waals surface area contributed by atoms with E-state index in [1.54, 1.807) is 18.2 Å². The normalized spacial score (nSPS) is 9.83. The van der Waals surface area contributed by atoms with Crippen molar-refractivity contribution in [2.45, 2.75) is 0 Å². The van der Waals surface area contributed by atoms with Crippen molar-refractivity contribution in [2.24, 2.45) is 0 Å². The molecule has 0 saturated heterocycles. The largest absolute Gasteiger partial charge is 0.491 e. The van der Waals surface area contributed by atoms with Crippen molar-refractivity contribution in [2.75, 3.05) is 18.9 Å². The molecule has 0 saturated carbocycles. The number of aliphatic hydroxyl groups is 1. The average Bonchev–Trinajstić information content (AvgIpc) is 1.99. The van der Waals surface area contributed by atoms with E-state index in [1.165, 1.54) is 0 Å². The van der Waals surface area contributed by atoms with Gasteiger partial charge in [-0.25, -0.2) is 0 Å². The number of rotatable bonds is 3. The summed E-state index contributed by atoms with van der Waals surface area (Å²) in [6.45, 7) is 0.228. The minimum atomic E-state index is -0.0214. The molecule has 0 unspecified atom stereocenters. The van der Waals surface area contributed by atoms with Crippen molar-refractivity contribution in [3.63, 3.8) is 0 Å². The predicted molar refractivity (Wildman–Crippen MR) is 48.4 cm³/mol. The van der Waals surface area contributed by atoms with Gasteiger partial charge in [-0.2, -0.15) is 0 Å². The van der Waals surface area contributed by atoms with Crippen LogP contribution in [0.1, 0.15) is 0 Å². The van der Waals surface area contributed by atoms with E-state index < -0.39 is 0 Å². The smallest absolute Gasteiger partial charge is 0.122 e. The first-order valence-corrected chi connectivity index (χ1v) is 3.90. The fraction of sp³-hybridized carbons (Fsp3) is 0.250. The number of benzene rings is 1. The first-order valence-electron chi connectivity index (χ1n) is 3.52. The highest BCUT2D eigenvalue weighted by molar-refractivity contribution is 6.31. The summed E-state index contributed by atoms with van der Waals surface area (Å²) in [5.74, 6) is 0.578. The Morgan fingerprint density at radius 3 is 2.75 bits per heavy atom. The van der Waals surface area contributed by atoms with Gasteiger partial charge in [-0.1, -0.05) is 11.6 Å². The fourth-order valence-electron chi connectivity index (χ4n) is 0.831. The van der Waals surface area contributed by atoms with E-state index in [1.807, 2.05) is 0 Å². The number of anilines is 1. The van der Waals surface area contributed by atoms with Crippen LogP contribution in [-0.4, -0.2) is 18.3 Å². The van der Waals surface area contributed by atoms with Gasteiger partial charge in [0.1, 0.15) is 12.4 Å². The molecule has 1 rings (SSSR count). The van der Waals surface area contributed by atoms with Gasteiger partial charge in [-0.3, -0.25) is 0 Å². The van der Waals surface area contributed by atoms with Crippen LogP contribution in [0.25, 0.3) is 0 Å². The van der Waals surface area contributed by atoms with Crippen molar-refractivity contribution in [3.8, 4) is 5.75 Å². The Hall–Kier alpha value is -0.930. The second kappa shape index (κ2) is 4.18. The summed E-state index contributed by atoms with van der Waals surface area (Å²) >= 11 is 5.71. The van der Waals surface area contributed by atoms with E-state index in [4.69, 9.17) is 27.2 Å². The highest BCUT2D eigenvalue weighted by Crippen LogP contribution is 2.21. The monoisotopic (exact) mass is 187 g/mol. The minimum Gasteiger partial charge on any atom is -0.491 e. The molecular formula is C8H10ClNO2. The van der Waals surface area contributed by atoms with Gasteiger partial charge in [0.25, 0.3) is 0 Å². The highest BCUT2D eigenvalue weighted by Gasteiger charge is 1.97. The molecule has 0 bridgehead atoms. The van der Waals surface area contributed by atoms with Gasteiger partial charge >= 0.3 is 0 Å². The maximum Gasteiger partial charge on any atom is 0.122 e. The fourth-order valence-corrected chi connectivity index (χ4v) is 1.06. The minimum absolute atomic E-state index is 0.0214. The Morgan fingerprint density at radius 2 is 2.17 bits per heavy atom. The van der Waals surface area contributed by atoms with Gasteiger partial charge in [0.05, 0.1) is 6.61 Å². The number of hydrogen-bond donors (Lipinski definition) is 2. The molecule has 0 radical (unpaired) electrons. The summed E-state index contributed by atoms with van der Waals surface area (Å²) in [4.78, 5) is 0. The predicted octanol–water partition coefficient (Wildman–Crippen LogP) is 1.29. The molecule has 3 nitrogen and oxygen atoms in total. The Bertz CT molecular complexity index is 245. The third-order valence-electron chi connectivity index (χ3n) is 1.25. The molecule has 0 amide bonds. The van der Waals surface area contributed by atoms with Crippen LogP contribution in [0.3, 0.4) is 0 Å². The van der Waals surface area contributed by atoms with E-state index >= 15 is 0 Å². The zero-order valence-electron chi connectivity index (χ0n) is 6.46. The summed E-state index contributed by atoms with van der Waals surface area (Å²) in [5, 5.41) is 9.01. The van der Waals surface area contributed by atoms with E-state index in [2.05, 4.69) is 0 Å². The first-order chi connectivity index (χ1) is 5.72. The number of nitrogen functional groups attached to an aromatic ring is 1. The third kappa shape index (κ3) is 2.60. The molecule has 1 aromatic carbocycles. The van der Waals surface area contributed by atoms with Gasteiger partial charge in [0, 0.05) is 16.8 Å². The molecule has 12 heavy (non-hydrogen) atoms. The molecule has 0 aromatic heterocycles. The first kappa shape index (κ1) is 9.16. The zero-order valence-corrected chi connectivity index (χ0v) is 7.21. The molecule has 0 atom stereocenters. The highest BCUT2D eigenvalue weighted by atomic mass is 35.5. The van der Waals surface area contributed by atoms with E-state index in [0.29, 0.717) is 16.5 Å². The summed E-state index contributed by atoms with van der Waals surface area (Å²) < 4.78 is 5.10. The van der Waals surface area contributed by atoms with Crippen LogP contribution in [-0.2, 0) is 0 Å². The molecule has 0 aliphatic rings. The molecule has 0 fully saturated rings. The Kier molecular flexibility index (Phi) is 3.19. The third-order valence-corrected chi connectivity index (χ3v) is 1.47. The summed E-state index contributed by atoms with van der Waals surface area (Å²) in [7, 11) is 0. The average molecular weight is 188 g/mol. The maximum atomic E-state index is 8.48. The number of ether oxygens (including phenoxy) is 1. The topological polar surface area (TPSA) is 55.5 Å². The van der Waals surface area contributed by atoms with Gasteiger partial charge < -0.3 is 15.6 Å². The van der Waals surface area contributed by atoms with E-state index in [-0.39, 0.29) is 13.2 Å². The molecule has 1 aromatic rings. The number of nitrogens with two attached hydrogens (primary N) is 1. The van der Waals surface area contributed by atoms with Gasteiger partial charge in [-0.05, 0) is 12.1 Å². The van der Waals surface area contributed by atoms with Crippen molar-refractivity contribution >= 4 is 17.3 Å². The quantitative estimate of drug-likeness (QED) is 0.702. The van der Waals surface area contributed by atoms with Crippen LogP contribution >= 0.6 is 11.6 Å². The molecule has 0 heterocycles. The Labute approximate surface area is 75.7 Å². The van der Waals surface area contributed by atoms with Crippen molar-refractivity contribution < 1.29 is 9.84 Å². The van der Waals surface area contributed by atoms with E-state index in [9.17, 15) is 0 Å². The van der Waals surface area contributed by atoms with Crippen LogP contribution in [0.4, 0.5) is 5.69 Å². The van der Waals surface area contributed by atoms with Crippen LogP contribution < -0.4 is 10.5 Å². The maximum absolute atomic E-state index is 8.48. The Balaban J connectivity index is 2.72. The SMILES string of the molecule is Nc1cc(Cl)cc(OCCO)c1. The number of hydrogen-bond acceptors (Lipinski definition) is 3. The van der Waals surface area contributed by atoms with Crippen molar-refractivity contribution in [1.82, 2.24) is 0 Å². The van der Waals surface area contributed by atoms with Crippen molar-refractivity contribution in [3.05, 3.63) is 23.2 Å². The Morgan fingerprint density at radius 1 is 1.42 bits per heavy atom.